The van der Waals surface area contributed by atoms with Crippen LogP contribution >= 0.6 is 0 Å². The second-order valence-electron chi connectivity index (χ2n) is 10.9. The fraction of sp³-hybridized carbons (Fsp3) is 0.517. The number of benzene rings is 2. The quantitative estimate of drug-likeness (QED) is 0.712. The summed E-state index contributed by atoms with van der Waals surface area (Å²) in [5.74, 6) is 0.823. The molecule has 4 rings (SSSR count). The minimum Gasteiger partial charge on any atom is -0.337 e. The van der Waals surface area contributed by atoms with Crippen molar-refractivity contribution in [3.8, 4) is 6.07 Å². The van der Waals surface area contributed by atoms with E-state index in [1.54, 1.807) is 0 Å². The topological polar surface area (TPSA) is 59.4 Å². The zero-order valence-electron chi connectivity index (χ0n) is 20.8. The van der Waals surface area contributed by atoms with Gasteiger partial charge in [0.15, 0.2) is 0 Å². The predicted octanol–water partition coefficient (Wildman–Crippen LogP) is 4.60. The number of piperidine rings is 1. The van der Waals surface area contributed by atoms with Crippen molar-refractivity contribution in [3.05, 3.63) is 71.3 Å². The van der Waals surface area contributed by atoms with Gasteiger partial charge in [0.05, 0.1) is 17.7 Å². The first-order valence-electron chi connectivity index (χ1n) is 12.7. The Morgan fingerprint density at radius 2 is 1.68 bits per heavy atom. The number of nitrogens with one attached hydrogen (secondary N) is 1. The molecule has 34 heavy (non-hydrogen) atoms. The number of carbonyl (C=O) groups is 1. The number of carbonyl (C=O) groups excluding carboxylic acids is 1. The monoisotopic (exact) mass is 458 g/mol. The minimum atomic E-state index is -0.0195. The summed E-state index contributed by atoms with van der Waals surface area (Å²) < 4.78 is 0. The summed E-state index contributed by atoms with van der Waals surface area (Å²) in [4.78, 5) is 18.2. The van der Waals surface area contributed by atoms with Crippen LogP contribution in [0.4, 0.5) is 0 Å². The summed E-state index contributed by atoms with van der Waals surface area (Å²) in [7, 11) is 0. The van der Waals surface area contributed by atoms with Crippen LogP contribution in [-0.2, 0) is 4.79 Å². The van der Waals surface area contributed by atoms with E-state index in [1.807, 2.05) is 12.1 Å². The van der Waals surface area contributed by atoms with Gasteiger partial charge in [-0.1, -0.05) is 63.2 Å². The van der Waals surface area contributed by atoms with Crippen molar-refractivity contribution in [2.45, 2.75) is 52.1 Å². The van der Waals surface area contributed by atoms with Crippen molar-refractivity contribution in [3.63, 3.8) is 0 Å². The molecule has 0 aliphatic carbocycles. The molecule has 1 unspecified atom stereocenters. The van der Waals surface area contributed by atoms with E-state index >= 15 is 0 Å². The van der Waals surface area contributed by atoms with Crippen LogP contribution in [0.25, 0.3) is 0 Å². The van der Waals surface area contributed by atoms with Gasteiger partial charge in [0.1, 0.15) is 0 Å². The van der Waals surface area contributed by atoms with Gasteiger partial charge in [-0.15, -0.1) is 0 Å². The Labute approximate surface area is 204 Å². The highest BCUT2D eigenvalue weighted by Gasteiger charge is 2.40. The van der Waals surface area contributed by atoms with Gasteiger partial charge in [-0.2, -0.15) is 5.26 Å². The number of hydrogen-bond acceptors (Lipinski definition) is 4. The maximum atomic E-state index is 13.5. The molecule has 0 radical (unpaired) electrons. The zero-order valence-corrected chi connectivity index (χ0v) is 20.8. The molecule has 1 amide bonds. The van der Waals surface area contributed by atoms with Crippen LogP contribution in [-0.4, -0.2) is 54.5 Å². The molecule has 2 saturated heterocycles. The Morgan fingerprint density at radius 1 is 1.03 bits per heavy atom. The van der Waals surface area contributed by atoms with Crippen molar-refractivity contribution in [2.24, 2.45) is 11.3 Å². The molecule has 2 aliphatic rings. The van der Waals surface area contributed by atoms with E-state index in [9.17, 15) is 10.1 Å². The highest BCUT2D eigenvalue weighted by molar-refractivity contribution is 5.77. The van der Waals surface area contributed by atoms with E-state index in [2.05, 4.69) is 84.4 Å². The molecule has 5 heteroatoms. The Morgan fingerprint density at radius 3 is 2.29 bits per heavy atom. The average Bonchev–Trinajstić information content (AvgIpc) is 2.85. The Hall–Kier alpha value is -2.68. The first-order valence-corrected chi connectivity index (χ1v) is 12.7. The van der Waals surface area contributed by atoms with Crippen molar-refractivity contribution < 1.29 is 4.79 Å². The summed E-state index contributed by atoms with van der Waals surface area (Å²) in [6, 6.07) is 21.1. The third-order valence-electron chi connectivity index (χ3n) is 7.49. The summed E-state index contributed by atoms with van der Waals surface area (Å²) in [6.07, 6.45) is 2.87. The van der Waals surface area contributed by atoms with Gasteiger partial charge in [0, 0.05) is 32.1 Å². The number of rotatable bonds is 5. The number of nitriles is 1. The van der Waals surface area contributed by atoms with Gasteiger partial charge in [-0.05, 0) is 60.5 Å². The van der Waals surface area contributed by atoms with E-state index in [0.717, 1.165) is 45.6 Å². The first-order chi connectivity index (χ1) is 16.4. The lowest BCUT2D eigenvalue weighted by Crippen LogP contribution is -2.60. The molecule has 0 spiro atoms. The minimum absolute atomic E-state index is 0.0195. The van der Waals surface area contributed by atoms with Crippen molar-refractivity contribution in [1.82, 2.24) is 15.1 Å². The van der Waals surface area contributed by atoms with Crippen molar-refractivity contribution in [2.75, 3.05) is 32.7 Å². The number of nitrogens with zero attached hydrogens (tertiary/aromatic N) is 3. The summed E-state index contributed by atoms with van der Waals surface area (Å²) >= 11 is 0. The molecule has 2 heterocycles. The molecule has 1 N–H and O–H groups in total. The lowest BCUT2D eigenvalue weighted by atomic mass is 9.82. The molecule has 2 aromatic carbocycles. The number of hydrogen-bond donors (Lipinski definition) is 1. The van der Waals surface area contributed by atoms with Crippen LogP contribution in [0.5, 0.6) is 0 Å². The second kappa shape index (κ2) is 10.7. The highest BCUT2D eigenvalue weighted by Crippen LogP contribution is 2.35. The van der Waals surface area contributed by atoms with Gasteiger partial charge in [0.2, 0.25) is 5.91 Å². The fourth-order valence-corrected chi connectivity index (χ4v) is 5.52. The normalized spacial score (nSPS) is 21.1. The van der Waals surface area contributed by atoms with Crippen LogP contribution in [0.1, 0.15) is 62.8 Å². The van der Waals surface area contributed by atoms with Gasteiger partial charge in [0.25, 0.3) is 0 Å². The molecule has 0 bridgehead atoms. The molecular weight excluding hydrogens is 420 g/mol. The molecule has 180 valence electrons. The van der Waals surface area contributed by atoms with E-state index in [-0.39, 0.29) is 17.5 Å². The Balaban J connectivity index is 1.58. The standard InChI is InChI=1S/C29H38N4O/c1-29(2,3)26-21-32(17-18-33(26)27(34)19-22-13-15-31-16-14-22)28(24-7-5-4-6-8-24)25-11-9-23(20-30)10-12-25/h4-12,22,26,28,31H,13-19,21H2,1-3H3/t26-,28?/m1/s1. The molecule has 5 nitrogen and oxygen atoms in total. The summed E-state index contributed by atoms with van der Waals surface area (Å²) in [6.45, 7) is 11.2. The van der Waals surface area contributed by atoms with Crippen molar-refractivity contribution in [1.29, 1.82) is 5.26 Å². The van der Waals surface area contributed by atoms with Gasteiger partial charge >= 0.3 is 0 Å². The van der Waals surface area contributed by atoms with E-state index < -0.39 is 0 Å². The van der Waals surface area contributed by atoms with Crippen molar-refractivity contribution >= 4 is 5.91 Å². The number of amides is 1. The second-order valence-corrected chi connectivity index (χ2v) is 10.9. The van der Waals surface area contributed by atoms with E-state index in [1.165, 1.54) is 11.1 Å². The van der Waals surface area contributed by atoms with Crippen LogP contribution in [0, 0.1) is 22.7 Å². The highest BCUT2D eigenvalue weighted by atomic mass is 16.2. The smallest absolute Gasteiger partial charge is 0.223 e. The third-order valence-corrected chi connectivity index (χ3v) is 7.49. The largest absolute Gasteiger partial charge is 0.337 e. The molecular formula is C29H38N4O. The average molecular weight is 459 g/mol. The Bertz CT molecular complexity index is 984. The lowest BCUT2D eigenvalue weighted by molar-refractivity contribution is -0.141. The molecule has 2 aromatic rings. The van der Waals surface area contributed by atoms with Crippen LogP contribution in [0.2, 0.25) is 0 Å². The molecule has 0 aromatic heterocycles. The summed E-state index contributed by atoms with van der Waals surface area (Å²) in [5, 5.41) is 12.7. The zero-order chi connectivity index (χ0) is 24.1. The molecule has 2 atom stereocenters. The Kier molecular flexibility index (Phi) is 7.70. The van der Waals surface area contributed by atoms with Crippen LogP contribution in [0.3, 0.4) is 0 Å². The molecule has 0 saturated carbocycles. The van der Waals surface area contributed by atoms with E-state index in [4.69, 9.17) is 0 Å². The maximum absolute atomic E-state index is 13.5. The molecule has 2 aliphatic heterocycles. The fourth-order valence-electron chi connectivity index (χ4n) is 5.52. The van der Waals surface area contributed by atoms with Gasteiger partial charge in [-0.3, -0.25) is 9.69 Å². The van der Waals surface area contributed by atoms with Crippen LogP contribution < -0.4 is 5.32 Å². The third kappa shape index (κ3) is 5.68. The van der Waals surface area contributed by atoms with Gasteiger partial charge < -0.3 is 10.2 Å². The SMILES string of the molecule is CC(C)(C)[C@H]1CN(C(c2ccccc2)c2ccc(C#N)cc2)CCN1C(=O)CC1CCNCC1. The van der Waals surface area contributed by atoms with Crippen LogP contribution in [0.15, 0.2) is 54.6 Å². The maximum Gasteiger partial charge on any atom is 0.223 e. The predicted molar refractivity (Wildman–Crippen MR) is 136 cm³/mol. The van der Waals surface area contributed by atoms with E-state index in [0.29, 0.717) is 23.8 Å². The lowest BCUT2D eigenvalue weighted by Gasteiger charge is -2.49. The first kappa shape index (κ1) is 24.4. The molecule has 2 fully saturated rings. The summed E-state index contributed by atoms with van der Waals surface area (Å²) in [5.41, 5.74) is 3.09. The van der Waals surface area contributed by atoms with Gasteiger partial charge in [-0.25, -0.2) is 0 Å². The number of piperazine rings is 1.